The predicted octanol–water partition coefficient (Wildman–Crippen LogP) is 4.58. The van der Waals surface area contributed by atoms with Crippen molar-refractivity contribution in [2.75, 3.05) is 18.2 Å². The first-order valence-electron chi connectivity index (χ1n) is 9.02. The van der Waals surface area contributed by atoms with Crippen LogP contribution in [0.25, 0.3) is 6.08 Å². The number of hydrogen-bond donors (Lipinski definition) is 1. The third-order valence-electron chi connectivity index (χ3n) is 3.89. The van der Waals surface area contributed by atoms with E-state index in [1.165, 1.54) is 25.3 Å². The summed E-state index contributed by atoms with van der Waals surface area (Å²) in [5, 5.41) is 3.06. The highest BCUT2D eigenvalue weighted by molar-refractivity contribution is 7.91. The maximum absolute atomic E-state index is 12.2. The van der Waals surface area contributed by atoms with E-state index in [0.717, 1.165) is 0 Å². The van der Waals surface area contributed by atoms with Gasteiger partial charge in [0.25, 0.3) is 0 Å². The molecule has 29 heavy (non-hydrogen) atoms. The Balaban J connectivity index is 2.12. The minimum absolute atomic E-state index is 0.0223. The molecule has 0 heterocycles. The lowest BCUT2D eigenvalue weighted by molar-refractivity contribution is -0.111. The Morgan fingerprint density at radius 1 is 1.21 bits per heavy atom. The number of hydrogen-bond acceptors (Lipinski definition) is 5. The van der Waals surface area contributed by atoms with Crippen LogP contribution in [-0.4, -0.2) is 33.3 Å². The maximum Gasteiger partial charge on any atom is 0.248 e. The van der Waals surface area contributed by atoms with E-state index in [0.29, 0.717) is 27.8 Å². The first-order chi connectivity index (χ1) is 13.7. The highest BCUT2D eigenvalue weighted by Crippen LogP contribution is 2.37. The number of nitrogens with one attached hydrogen (secondary N) is 1. The van der Waals surface area contributed by atoms with Crippen LogP contribution >= 0.6 is 11.6 Å². The van der Waals surface area contributed by atoms with Crippen molar-refractivity contribution in [2.45, 2.75) is 31.8 Å². The predicted molar refractivity (Wildman–Crippen MR) is 116 cm³/mol. The summed E-state index contributed by atoms with van der Waals surface area (Å²) in [6.45, 7) is 5.36. The second-order valence-electron chi connectivity index (χ2n) is 6.45. The fraction of sp³-hybridized carbons (Fsp3) is 0.286. The molecule has 0 bridgehead atoms. The molecule has 2 rings (SSSR count). The molecule has 0 saturated heterocycles. The summed E-state index contributed by atoms with van der Waals surface area (Å²) < 4.78 is 34.6. The maximum atomic E-state index is 12.2. The molecule has 0 aliphatic heterocycles. The molecule has 0 aromatic heterocycles. The van der Waals surface area contributed by atoms with Crippen molar-refractivity contribution in [2.24, 2.45) is 0 Å². The van der Waals surface area contributed by atoms with Gasteiger partial charge in [-0.25, -0.2) is 8.42 Å². The highest BCUT2D eigenvalue weighted by Gasteiger charge is 2.13. The summed E-state index contributed by atoms with van der Waals surface area (Å²) in [5.74, 6) is 0.578. The highest BCUT2D eigenvalue weighted by atomic mass is 35.5. The molecule has 0 fully saturated rings. The molecular weight excluding hydrogens is 414 g/mol. The van der Waals surface area contributed by atoms with Crippen LogP contribution in [0.5, 0.6) is 11.5 Å². The van der Waals surface area contributed by atoms with Crippen LogP contribution in [0.3, 0.4) is 0 Å². The number of carbonyl (C=O) groups is 1. The van der Waals surface area contributed by atoms with Crippen LogP contribution in [0.1, 0.15) is 26.3 Å². The second kappa shape index (κ2) is 9.80. The first-order valence-corrected chi connectivity index (χ1v) is 11.1. The van der Waals surface area contributed by atoms with Gasteiger partial charge in [-0.15, -0.1) is 0 Å². The van der Waals surface area contributed by atoms with E-state index in [2.05, 4.69) is 5.32 Å². The van der Waals surface area contributed by atoms with Gasteiger partial charge in [0.15, 0.2) is 21.3 Å². The first kappa shape index (κ1) is 22.8. The number of halogens is 1. The molecule has 8 heteroatoms. The summed E-state index contributed by atoms with van der Waals surface area (Å²) in [5.41, 5.74) is 1.16. The van der Waals surface area contributed by atoms with Gasteiger partial charge in [0.2, 0.25) is 5.91 Å². The molecule has 0 aliphatic rings. The summed E-state index contributed by atoms with van der Waals surface area (Å²) in [7, 11) is -1.76. The zero-order chi connectivity index (χ0) is 21.6. The van der Waals surface area contributed by atoms with Gasteiger partial charge in [-0.2, -0.15) is 0 Å². The molecule has 0 spiro atoms. The SMILES string of the molecule is CCS(=O)(=O)c1ccc(NC(=O)/C=C/c2cc(Cl)c(OC(C)C)c(OC)c2)cc1. The second-order valence-corrected chi connectivity index (χ2v) is 9.14. The number of amides is 1. The Bertz CT molecular complexity index is 998. The molecule has 1 N–H and O–H groups in total. The van der Waals surface area contributed by atoms with E-state index in [1.54, 1.807) is 37.3 Å². The summed E-state index contributed by atoms with van der Waals surface area (Å²) in [4.78, 5) is 12.4. The molecule has 0 unspecified atom stereocenters. The molecule has 2 aromatic rings. The number of methoxy groups -OCH3 is 1. The van der Waals surface area contributed by atoms with Gasteiger partial charge in [0.1, 0.15) is 0 Å². The standard InChI is InChI=1S/C21H24ClNO5S/c1-5-29(25,26)17-9-7-16(8-10-17)23-20(24)11-6-15-12-18(22)21(28-14(2)3)19(13-15)27-4/h6-14H,5H2,1-4H3,(H,23,24)/b11-6+. The number of benzene rings is 2. The Morgan fingerprint density at radius 3 is 2.41 bits per heavy atom. The Labute approximate surface area is 176 Å². The third-order valence-corrected chi connectivity index (χ3v) is 5.92. The van der Waals surface area contributed by atoms with E-state index in [9.17, 15) is 13.2 Å². The molecule has 2 aromatic carbocycles. The van der Waals surface area contributed by atoms with Gasteiger partial charge in [0, 0.05) is 11.8 Å². The lowest BCUT2D eigenvalue weighted by atomic mass is 10.1. The zero-order valence-corrected chi connectivity index (χ0v) is 18.3. The lowest BCUT2D eigenvalue weighted by Crippen LogP contribution is -2.09. The molecule has 0 saturated carbocycles. The average molecular weight is 438 g/mol. The van der Waals surface area contributed by atoms with E-state index >= 15 is 0 Å². The van der Waals surface area contributed by atoms with Gasteiger partial charge in [0.05, 0.1) is 28.9 Å². The summed E-state index contributed by atoms with van der Waals surface area (Å²) >= 11 is 6.28. The molecule has 1 amide bonds. The molecule has 0 atom stereocenters. The molecule has 6 nitrogen and oxygen atoms in total. The van der Waals surface area contributed by atoms with Crippen LogP contribution < -0.4 is 14.8 Å². The van der Waals surface area contributed by atoms with Crippen molar-refractivity contribution in [3.63, 3.8) is 0 Å². The van der Waals surface area contributed by atoms with E-state index < -0.39 is 9.84 Å². The fourth-order valence-corrected chi connectivity index (χ4v) is 3.60. The third kappa shape index (κ3) is 6.24. The van der Waals surface area contributed by atoms with E-state index in [1.807, 2.05) is 13.8 Å². The smallest absolute Gasteiger partial charge is 0.248 e. The Kier molecular flexibility index (Phi) is 7.70. The van der Waals surface area contributed by atoms with Crippen molar-refractivity contribution in [3.05, 3.63) is 53.1 Å². The van der Waals surface area contributed by atoms with Crippen LogP contribution in [0.2, 0.25) is 5.02 Å². The van der Waals surface area contributed by atoms with Crippen LogP contribution in [0, 0.1) is 0 Å². The number of anilines is 1. The van der Waals surface area contributed by atoms with Crippen molar-refractivity contribution >= 4 is 39.1 Å². The molecule has 156 valence electrons. The van der Waals surface area contributed by atoms with Crippen LogP contribution in [0.15, 0.2) is 47.4 Å². The minimum Gasteiger partial charge on any atom is -0.493 e. The topological polar surface area (TPSA) is 81.7 Å². The largest absolute Gasteiger partial charge is 0.493 e. The quantitative estimate of drug-likeness (QED) is 0.611. The van der Waals surface area contributed by atoms with Gasteiger partial charge in [-0.05, 0) is 61.9 Å². The molecule has 0 aliphatic carbocycles. The van der Waals surface area contributed by atoms with Crippen molar-refractivity contribution in [1.29, 1.82) is 0 Å². The lowest BCUT2D eigenvalue weighted by Gasteiger charge is -2.15. The number of sulfone groups is 1. The molecular formula is C21H24ClNO5S. The van der Waals surface area contributed by atoms with Crippen molar-refractivity contribution < 1.29 is 22.7 Å². The number of rotatable bonds is 8. The van der Waals surface area contributed by atoms with E-state index in [-0.39, 0.29) is 22.7 Å². The summed E-state index contributed by atoms with van der Waals surface area (Å²) in [6, 6.07) is 9.43. The Hall–Kier alpha value is -2.51. The van der Waals surface area contributed by atoms with Crippen molar-refractivity contribution in [1.82, 2.24) is 0 Å². The normalized spacial score (nSPS) is 11.7. The average Bonchev–Trinajstić information content (AvgIpc) is 2.68. The minimum atomic E-state index is -3.27. The number of ether oxygens (including phenoxy) is 2. The molecule has 0 radical (unpaired) electrons. The van der Waals surface area contributed by atoms with Gasteiger partial charge in [-0.3, -0.25) is 4.79 Å². The van der Waals surface area contributed by atoms with Crippen LogP contribution in [-0.2, 0) is 14.6 Å². The zero-order valence-electron chi connectivity index (χ0n) is 16.7. The van der Waals surface area contributed by atoms with Gasteiger partial charge < -0.3 is 14.8 Å². The van der Waals surface area contributed by atoms with Crippen LogP contribution in [0.4, 0.5) is 5.69 Å². The monoisotopic (exact) mass is 437 g/mol. The fourth-order valence-electron chi connectivity index (χ4n) is 2.45. The van der Waals surface area contributed by atoms with Gasteiger partial charge in [-0.1, -0.05) is 18.5 Å². The van der Waals surface area contributed by atoms with Gasteiger partial charge >= 0.3 is 0 Å². The van der Waals surface area contributed by atoms with E-state index in [4.69, 9.17) is 21.1 Å². The Morgan fingerprint density at radius 2 is 1.86 bits per heavy atom. The summed E-state index contributed by atoms with van der Waals surface area (Å²) in [6.07, 6.45) is 2.89. The van der Waals surface area contributed by atoms with Crippen molar-refractivity contribution in [3.8, 4) is 11.5 Å². The number of carbonyl (C=O) groups excluding carboxylic acids is 1.